The number of carbonyl (C=O) groups excluding carboxylic acids is 2. The number of thiazole rings is 1. The molecule has 0 spiro atoms. The van der Waals surface area contributed by atoms with Crippen molar-refractivity contribution in [1.82, 2.24) is 25.1 Å². The molecule has 2 aliphatic rings. The third kappa shape index (κ3) is 7.56. The van der Waals surface area contributed by atoms with Gasteiger partial charge in [-0.1, -0.05) is 17.4 Å². The van der Waals surface area contributed by atoms with Gasteiger partial charge in [-0.3, -0.25) is 14.3 Å². The monoisotopic (exact) mass is 797 g/mol. The largest absolute Gasteiger partial charge is 0.378 e. The van der Waals surface area contributed by atoms with Crippen LogP contribution in [0.15, 0.2) is 42.5 Å². The number of halogens is 9. The van der Waals surface area contributed by atoms with Crippen LogP contribution in [0.25, 0.3) is 21.5 Å². The molecule has 2 aromatic carbocycles. The van der Waals surface area contributed by atoms with Crippen molar-refractivity contribution in [3.8, 4) is 11.1 Å². The van der Waals surface area contributed by atoms with E-state index in [4.69, 9.17) is 15.5 Å². The number of hydrogen-bond acceptors (Lipinski definition) is 8. The van der Waals surface area contributed by atoms with Gasteiger partial charge in [-0.2, -0.15) is 18.9 Å². The highest BCUT2D eigenvalue weighted by Gasteiger charge is 2.55. The van der Waals surface area contributed by atoms with Crippen LogP contribution in [-0.4, -0.2) is 57.9 Å². The number of nitrogens with zero attached hydrogens (tertiary/aromatic N) is 5. The second-order valence-corrected chi connectivity index (χ2v) is 14.0. The van der Waals surface area contributed by atoms with Crippen LogP contribution in [0.4, 0.5) is 44.6 Å². The van der Waals surface area contributed by atoms with E-state index in [9.17, 15) is 40.3 Å². The fourth-order valence-corrected chi connectivity index (χ4v) is 7.73. The number of pyridine rings is 1. The van der Waals surface area contributed by atoms with Gasteiger partial charge in [0.1, 0.15) is 35.4 Å². The lowest BCUT2D eigenvalue weighted by Gasteiger charge is -2.29. The lowest BCUT2D eigenvalue weighted by Crippen LogP contribution is -2.37. The molecular formula is C35H28F9N7O3S. The lowest BCUT2D eigenvalue weighted by molar-refractivity contribution is -0.123. The number of fused-ring (bicyclic) bond motifs is 2. The van der Waals surface area contributed by atoms with Crippen LogP contribution in [0.3, 0.4) is 0 Å². The number of aromatic nitrogens is 4. The number of hydrogen-bond donors (Lipinski definition) is 2. The SMILES string of the molecule is NC(=O)c1cc(-c2cc3sc(N4CCOCC4)nc3nc2[C@H](Cc2cc(F)cc(F)c2)NC(=O)Cn2nc(C(F)F)c3c2C(F)(F)CCC3(F)F)ccc1F. The lowest BCUT2D eigenvalue weighted by atomic mass is 9.89. The Morgan fingerprint density at radius 3 is 2.29 bits per heavy atom. The molecule has 1 aliphatic carbocycles. The van der Waals surface area contributed by atoms with Crippen molar-refractivity contribution in [2.24, 2.45) is 5.73 Å². The van der Waals surface area contributed by atoms with Crippen molar-refractivity contribution in [3.63, 3.8) is 0 Å². The zero-order valence-electron chi connectivity index (χ0n) is 28.2. The Kier molecular flexibility index (Phi) is 9.99. The molecule has 7 rings (SSSR count). The Hall–Kier alpha value is -5.24. The van der Waals surface area contributed by atoms with E-state index in [1.807, 2.05) is 4.90 Å². The van der Waals surface area contributed by atoms with Crippen molar-refractivity contribution in [2.75, 3.05) is 31.2 Å². The Morgan fingerprint density at radius 1 is 0.927 bits per heavy atom. The molecule has 3 N–H and O–H groups in total. The molecule has 1 atom stereocenters. The maximum absolute atomic E-state index is 15.1. The highest BCUT2D eigenvalue weighted by Crippen LogP contribution is 2.52. The summed E-state index contributed by atoms with van der Waals surface area (Å²) >= 11 is 1.23. The van der Waals surface area contributed by atoms with Gasteiger partial charge >= 0.3 is 0 Å². The number of benzene rings is 2. The van der Waals surface area contributed by atoms with Crippen molar-refractivity contribution in [2.45, 2.75) is 50.1 Å². The summed E-state index contributed by atoms with van der Waals surface area (Å²) in [5, 5.41) is 6.38. The molecule has 20 heteroatoms. The minimum absolute atomic E-state index is 0.0394. The number of nitrogens with one attached hydrogen (secondary N) is 1. The average Bonchev–Trinajstić information content (AvgIpc) is 3.73. The molecular weight excluding hydrogens is 769 g/mol. The second kappa shape index (κ2) is 14.4. The number of rotatable bonds is 10. The quantitative estimate of drug-likeness (QED) is 0.147. The topological polar surface area (TPSA) is 128 Å². The molecule has 4 heterocycles. The fourth-order valence-electron chi connectivity index (χ4n) is 6.73. The highest BCUT2D eigenvalue weighted by molar-refractivity contribution is 7.22. The molecule has 0 unspecified atom stereocenters. The number of morpholine rings is 1. The van der Waals surface area contributed by atoms with E-state index in [1.165, 1.54) is 17.4 Å². The number of primary amides is 1. The zero-order chi connectivity index (χ0) is 39.4. The van der Waals surface area contributed by atoms with Crippen LogP contribution in [0, 0.1) is 17.5 Å². The number of anilines is 1. The van der Waals surface area contributed by atoms with Crippen LogP contribution in [0.1, 0.15) is 63.9 Å². The van der Waals surface area contributed by atoms with Crippen molar-refractivity contribution >= 4 is 38.6 Å². The molecule has 2 amide bonds. The molecule has 290 valence electrons. The van der Waals surface area contributed by atoms with E-state index in [-0.39, 0.29) is 32.7 Å². The first kappa shape index (κ1) is 38.1. The van der Waals surface area contributed by atoms with Gasteiger partial charge in [0.25, 0.3) is 24.2 Å². The smallest absolute Gasteiger partial charge is 0.290 e. The van der Waals surface area contributed by atoms with Crippen LogP contribution in [-0.2, 0) is 34.3 Å². The molecule has 1 aliphatic heterocycles. The van der Waals surface area contributed by atoms with E-state index in [2.05, 4.69) is 15.4 Å². The van der Waals surface area contributed by atoms with Gasteiger partial charge in [0, 0.05) is 37.6 Å². The maximum Gasteiger partial charge on any atom is 0.290 e. The van der Waals surface area contributed by atoms with Crippen molar-refractivity contribution in [1.29, 1.82) is 0 Å². The van der Waals surface area contributed by atoms with Crippen molar-refractivity contribution < 1.29 is 53.8 Å². The van der Waals surface area contributed by atoms with Crippen LogP contribution in [0.5, 0.6) is 0 Å². The summed E-state index contributed by atoms with van der Waals surface area (Å²) in [6.45, 7) is 0.584. The van der Waals surface area contributed by atoms with E-state index >= 15 is 8.78 Å². The number of amides is 2. The number of alkyl halides is 6. The summed E-state index contributed by atoms with van der Waals surface area (Å²) in [6, 6.07) is 5.99. The maximum atomic E-state index is 15.1. The van der Waals surface area contributed by atoms with Crippen LogP contribution in [0.2, 0.25) is 0 Å². The summed E-state index contributed by atoms with van der Waals surface area (Å²) < 4.78 is 137. The third-order valence-corrected chi connectivity index (χ3v) is 10.2. The Labute approximate surface area is 309 Å². The predicted molar refractivity (Wildman–Crippen MR) is 180 cm³/mol. The number of nitrogens with two attached hydrogens (primary N) is 1. The molecule has 0 saturated carbocycles. The minimum Gasteiger partial charge on any atom is -0.378 e. The summed E-state index contributed by atoms with van der Waals surface area (Å²) in [5.41, 5.74) is 0.423. The van der Waals surface area contributed by atoms with Gasteiger partial charge in [-0.05, 0) is 47.9 Å². The molecule has 0 radical (unpaired) electrons. The first-order chi connectivity index (χ1) is 26.0. The van der Waals surface area contributed by atoms with Gasteiger partial charge in [-0.15, -0.1) is 0 Å². The van der Waals surface area contributed by atoms with Crippen LogP contribution >= 0.6 is 11.3 Å². The fraction of sp³-hybridized carbons (Fsp3) is 0.343. The standard InChI is InChI=1S/C35H28F9N7O3S/c36-18-9-16(10-19(37)13-18)11-23(46-25(52)15-51-29-26(28(49-51)30(39)40)34(41,42)3-4-35(29,43)44)27-20(17-1-2-22(38)21(12-17)31(45)53)14-24-32(47-27)48-33(55-24)50-5-7-54-8-6-50/h1-2,9-10,12-14,23,30H,3-8,11,15H2,(H2,45,53)(H,46,52)/t23-/m0/s1. The molecule has 10 nitrogen and oxygen atoms in total. The molecule has 55 heavy (non-hydrogen) atoms. The second-order valence-electron chi connectivity index (χ2n) is 13.0. The van der Waals surface area contributed by atoms with E-state index in [0.29, 0.717) is 42.2 Å². The van der Waals surface area contributed by atoms with E-state index in [1.54, 1.807) is 6.07 Å². The first-order valence-electron chi connectivity index (χ1n) is 16.6. The van der Waals surface area contributed by atoms with Gasteiger partial charge in [-0.25, -0.2) is 35.7 Å². The van der Waals surface area contributed by atoms with Gasteiger partial charge in [0.15, 0.2) is 10.8 Å². The summed E-state index contributed by atoms with van der Waals surface area (Å²) in [4.78, 5) is 37.1. The number of carbonyl (C=O) groups is 2. The average molecular weight is 798 g/mol. The normalized spacial score (nSPS) is 17.0. The van der Waals surface area contributed by atoms with Gasteiger partial charge in [0.2, 0.25) is 5.91 Å². The molecule has 0 bridgehead atoms. The minimum atomic E-state index is -4.09. The molecule has 1 saturated heterocycles. The molecule has 3 aromatic heterocycles. The van der Waals surface area contributed by atoms with Gasteiger partial charge < -0.3 is 20.7 Å². The first-order valence-corrected chi connectivity index (χ1v) is 17.5. The zero-order valence-corrected chi connectivity index (χ0v) is 29.0. The molecule has 5 aromatic rings. The van der Waals surface area contributed by atoms with Crippen LogP contribution < -0.4 is 16.0 Å². The summed E-state index contributed by atoms with van der Waals surface area (Å²) in [7, 11) is 0. The van der Waals surface area contributed by atoms with Crippen molar-refractivity contribution in [3.05, 3.63) is 93.7 Å². The Balaban J connectivity index is 1.36. The van der Waals surface area contributed by atoms with E-state index in [0.717, 1.165) is 24.3 Å². The van der Waals surface area contributed by atoms with E-state index < -0.39 is 102 Å². The Morgan fingerprint density at radius 2 is 1.62 bits per heavy atom. The molecule has 1 fully saturated rings. The summed E-state index contributed by atoms with van der Waals surface area (Å²) in [6.07, 6.45) is -6.97. The summed E-state index contributed by atoms with van der Waals surface area (Å²) in [5.74, 6) is -13.4. The highest BCUT2D eigenvalue weighted by atomic mass is 32.1. The van der Waals surface area contributed by atoms with Gasteiger partial charge in [0.05, 0.1) is 40.8 Å². The predicted octanol–water partition coefficient (Wildman–Crippen LogP) is 6.92. The number of ether oxygens (including phenoxy) is 1. The Bertz CT molecular complexity index is 2290. The third-order valence-electron chi connectivity index (χ3n) is 9.20.